The number of nitrogens with zero attached hydrogens (tertiary/aromatic N) is 2. The molecule has 0 saturated heterocycles. The Labute approximate surface area is 118 Å². The van der Waals surface area contributed by atoms with Gasteiger partial charge >= 0.3 is 0 Å². The van der Waals surface area contributed by atoms with Crippen molar-refractivity contribution < 1.29 is 4.79 Å². The summed E-state index contributed by atoms with van der Waals surface area (Å²) in [6, 6.07) is 15.8. The van der Waals surface area contributed by atoms with E-state index >= 15 is 0 Å². The van der Waals surface area contributed by atoms with Gasteiger partial charge in [-0.15, -0.1) is 0 Å². The monoisotopic (exact) mass is 264 g/mol. The Balaban J connectivity index is 1.96. The number of rotatable bonds is 2. The van der Waals surface area contributed by atoms with E-state index in [0.717, 1.165) is 17.0 Å². The van der Waals surface area contributed by atoms with Crippen LogP contribution in [0.25, 0.3) is 0 Å². The molecule has 3 nitrogen and oxygen atoms in total. The fourth-order valence-corrected chi connectivity index (χ4v) is 2.28. The van der Waals surface area contributed by atoms with Crippen molar-refractivity contribution in [2.45, 2.75) is 20.3 Å². The van der Waals surface area contributed by atoms with Crippen molar-refractivity contribution in [3.8, 4) is 0 Å². The van der Waals surface area contributed by atoms with Crippen LogP contribution in [0.15, 0.2) is 53.6 Å². The maximum atomic E-state index is 12.2. The van der Waals surface area contributed by atoms with Gasteiger partial charge in [0.2, 0.25) is 0 Å². The van der Waals surface area contributed by atoms with E-state index in [2.05, 4.69) is 12.0 Å². The van der Waals surface area contributed by atoms with E-state index in [-0.39, 0.29) is 5.91 Å². The summed E-state index contributed by atoms with van der Waals surface area (Å²) in [6.45, 7) is 4.10. The first kappa shape index (κ1) is 12.6. The van der Waals surface area contributed by atoms with Gasteiger partial charge in [-0.05, 0) is 42.7 Å². The van der Waals surface area contributed by atoms with Gasteiger partial charge < -0.3 is 0 Å². The van der Waals surface area contributed by atoms with Gasteiger partial charge in [-0.3, -0.25) is 4.79 Å². The van der Waals surface area contributed by atoms with Crippen molar-refractivity contribution in [3.63, 3.8) is 0 Å². The molecule has 1 aliphatic rings. The van der Waals surface area contributed by atoms with Crippen LogP contribution in [0.4, 0.5) is 5.69 Å². The molecular weight excluding hydrogens is 248 g/mol. The number of benzene rings is 2. The molecule has 0 aromatic heterocycles. The lowest BCUT2D eigenvalue weighted by Crippen LogP contribution is -2.19. The summed E-state index contributed by atoms with van der Waals surface area (Å²) in [5, 5.41) is 5.99. The zero-order valence-corrected chi connectivity index (χ0v) is 11.6. The minimum atomic E-state index is 0.0205. The number of hydrogen-bond donors (Lipinski definition) is 0. The van der Waals surface area contributed by atoms with E-state index < -0.39 is 0 Å². The lowest BCUT2D eigenvalue weighted by atomic mass is 10.1. The summed E-state index contributed by atoms with van der Waals surface area (Å²) in [5.74, 6) is 0.0205. The minimum Gasteiger partial charge on any atom is -0.272 e. The van der Waals surface area contributed by atoms with Gasteiger partial charge in [-0.1, -0.05) is 36.4 Å². The zero-order valence-electron chi connectivity index (χ0n) is 11.6. The molecule has 0 spiro atoms. The van der Waals surface area contributed by atoms with E-state index in [1.807, 2.05) is 55.5 Å². The van der Waals surface area contributed by atoms with E-state index in [9.17, 15) is 4.79 Å². The fraction of sp³-hybridized carbons (Fsp3) is 0.176. The molecule has 20 heavy (non-hydrogen) atoms. The van der Waals surface area contributed by atoms with Gasteiger partial charge in [-0.2, -0.15) is 5.10 Å². The predicted molar refractivity (Wildman–Crippen MR) is 81.0 cm³/mol. The number of aryl methyl sites for hydroxylation is 2. The lowest BCUT2D eigenvalue weighted by Gasteiger charge is -2.13. The van der Waals surface area contributed by atoms with Crippen LogP contribution in [-0.2, 0) is 4.79 Å². The normalized spacial score (nSPS) is 14.6. The van der Waals surface area contributed by atoms with Crippen molar-refractivity contribution in [2.75, 3.05) is 5.01 Å². The molecule has 2 aromatic rings. The largest absolute Gasteiger partial charge is 0.272 e. The highest BCUT2D eigenvalue weighted by atomic mass is 16.2. The van der Waals surface area contributed by atoms with Crippen LogP contribution in [0.5, 0.6) is 0 Å². The predicted octanol–water partition coefficient (Wildman–Crippen LogP) is 3.44. The van der Waals surface area contributed by atoms with Gasteiger partial charge in [0.25, 0.3) is 5.91 Å². The smallest absolute Gasteiger partial charge is 0.253 e. The molecule has 1 aliphatic heterocycles. The van der Waals surface area contributed by atoms with Crippen molar-refractivity contribution >= 4 is 17.3 Å². The highest BCUT2D eigenvalue weighted by Crippen LogP contribution is 2.24. The maximum Gasteiger partial charge on any atom is 0.253 e. The second kappa shape index (κ2) is 4.93. The first-order valence-electron chi connectivity index (χ1n) is 6.68. The summed E-state index contributed by atoms with van der Waals surface area (Å²) >= 11 is 0. The zero-order chi connectivity index (χ0) is 14.1. The van der Waals surface area contributed by atoms with Crippen LogP contribution in [-0.4, -0.2) is 11.6 Å². The molecule has 1 heterocycles. The summed E-state index contributed by atoms with van der Waals surface area (Å²) in [4.78, 5) is 12.2. The second-order valence-corrected chi connectivity index (χ2v) is 5.06. The van der Waals surface area contributed by atoms with Crippen LogP contribution in [0.1, 0.15) is 23.1 Å². The quantitative estimate of drug-likeness (QED) is 0.817. The number of hydrazone groups is 1. The molecule has 0 atom stereocenters. The molecule has 0 unspecified atom stereocenters. The van der Waals surface area contributed by atoms with E-state index in [0.29, 0.717) is 6.42 Å². The van der Waals surface area contributed by atoms with Crippen LogP contribution < -0.4 is 5.01 Å². The number of hydrogen-bond acceptors (Lipinski definition) is 2. The fourth-order valence-electron chi connectivity index (χ4n) is 2.28. The molecule has 1 amide bonds. The Kier molecular flexibility index (Phi) is 3.11. The molecular formula is C17H16N2O. The summed E-state index contributed by atoms with van der Waals surface area (Å²) in [7, 11) is 0. The summed E-state index contributed by atoms with van der Waals surface area (Å²) in [5.41, 5.74) is 5.05. The first-order valence-corrected chi connectivity index (χ1v) is 6.68. The second-order valence-electron chi connectivity index (χ2n) is 5.06. The Morgan fingerprint density at radius 1 is 1.00 bits per heavy atom. The molecule has 0 radical (unpaired) electrons. The molecule has 0 aliphatic carbocycles. The number of carbonyl (C=O) groups excluding carboxylic acids is 1. The molecule has 0 N–H and O–H groups in total. The number of amides is 1. The SMILES string of the molecule is Cc1ccc(N2N=C(c3ccccc3)CC2=O)cc1C. The first-order chi connectivity index (χ1) is 9.65. The average molecular weight is 264 g/mol. The number of anilines is 1. The van der Waals surface area contributed by atoms with Crippen LogP contribution in [0.3, 0.4) is 0 Å². The molecule has 100 valence electrons. The Morgan fingerprint density at radius 3 is 2.45 bits per heavy atom. The van der Waals surface area contributed by atoms with E-state index in [4.69, 9.17) is 0 Å². The Morgan fingerprint density at radius 2 is 1.75 bits per heavy atom. The molecule has 0 bridgehead atoms. The van der Waals surface area contributed by atoms with Gasteiger partial charge in [0.05, 0.1) is 17.8 Å². The van der Waals surface area contributed by atoms with Gasteiger partial charge in [0.1, 0.15) is 0 Å². The standard InChI is InChI=1S/C17H16N2O/c1-12-8-9-15(10-13(12)2)19-17(20)11-16(18-19)14-6-4-3-5-7-14/h3-10H,11H2,1-2H3. The topological polar surface area (TPSA) is 32.7 Å². The third kappa shape index (κ3) is 2.23. The van der Waals surface area contributed by atoms with Crippen LogP contribution in [0.2, 0.25) is 0 Å². The molecule has 3 heteroatoms. The summed E-state index contributed by atoms with van der Waals surface area (Å²) < 4.78 is 0. The highest BCUT2D eigenvalue weighted by Gasteiger charge is 2.26. The third-order valence-electron chi connectivity index (χ3n) is 3.62. The van der Waals surface area contributed by atoms with Crippen molar-refractivity contribution in [3.05, 3.63) is 65.2 Å². The average Bonchev–Trinajstić information content (AvgIpc) is 2.85. The van der Waals surface area contributed by atoms with Crippen LogP contribution in [0, 0.1) is 13.8 Å². The molecule has 2 aromatic carbocycles. The van der Waals surface area contributed by atoms with Gasteiger partial charge in [-0.25, -0.2) is 5.01 Å². The van der Waals surface area contributed by atoms with Gasteiger partial charge in [0, 0.05) is 0 Å². The van der Waals surface area contributed by atoms with Gasteiger partial charge in [0.15, 0.2) is 0 Å². The van der Waals surface area contributed by atoms with Crippen LogP contribution >= 0.6 is 0 Å². The number of carbonyl (C=O) groups is 1. The molecule has 3 rings (SSSR count). The lowest BCUT2D eigenvalue weighted by molar-refractivity contribution is -0.116. The van der Waals surface area contributed by atoms with Crippen molar-refractivity contribution in [2.24, 2.45) is 5.10 Å². The maximum absolute atomic E-state index is 12.2. The minimum absolute atomic E-state index is 0.0205. The van der Waals surface area contributed by atoms with Crippen molar-refractivity contribution in [1.29, 1.82) is 0 Å². The highest BCUT2D eigenvalue weighted by molar-refractivity contribution is 6.19. The molecule has 0 saturated carbocycles. The molecule has 0 fully saturated rings. The van der Waals surface area contributed by atoms with Crippen molar-refractivity contribution in [1.82, 2.24) is 0 Å². The Hall–Kier alpha value is -2.42. The summed E-state index contributed by atoms with van der Waals surface area (Å²) in [6.07, 6.45) is 0.358. The Bertz CT molecular complexity index is 689. The van der Waals surface area contributed by atoms with E-state index in [1.54, 1.807) is 0 Å². The third-order valence-corrected chi connectivity index (χ3v) is 3.62. The van der Waals surface area contributed by atoms with E-state index in [1.165, 1.54) is 16.1 Å².